The van der Waals surface area contributed by atoms with Crippen LogP contribution in [0, 0.1) is 0 Å². The van der Waals surface area contributed by atoms with Gasteiger partial charge in [-0.05, 0) is 12.1 Å². The summed E-state index contributed by atoms with van der Waals surface area (Å²) < 4.78 is 0. The fourth-order valence-corrected chi connectivity index (χ4v) is 1.73. The van der Waals surface area contributed by atoms with E-state index in [9.17, 15) is 4.79 Å². The van der Waals surface area contributed by atoms with E-state index in [2.05, 4.69) is 15.0 Å². The molecule has 0 aliphatic heterocycles. The molecule has 0 aliphatic rings. The van der Waals surface area contributed by atoms with Crippen molar-refractivity contribution in [1.82, 2.24) is 15.0 Å². The van der Waals surface area contributed by atoms with Gasteiger partial charge in [-0.2, -0.15) is 0 Å². The maximum Gasteiger partial charge on any atom is 0.352 e. The van der Waals surface area contributed by atoms with Crippen molar-refractivity contribution >= 4 is 27.8 Å². The molecule has 0 atom stereocenters. The van der Waals surface area contributed by atoms with Crippen molar-refractivity contribution in [2.24, 2.45) is 0 Å². The zero-order valence-corrected chi connectivity index (χ0v) is 8.14. The van der Waals surface area contributed by atoms with E-state index >= 15 is 0 Å². The Morgan fingerprint density at radius 1 is 1.38 bits per heavy atom. The number of fused-ring (bicyclic) bond motifs is 3. The number of aromatic amines is 1. The number of pyridine rings is 2. The van der Waals surface area contributed by atoms with E-state index in [0.717, 1.165) is 10.8 Å². The molecule has 3 aromatic heterocycles. The van der Waals surface area contributed by atoms with Crippen LogP contribution in [-0.2, 0) is 0 Å². The second-order valence-corrected chi connectivity index (χ2v) is 3.47. The van der Waals surface area contributed by atoms with Crippen molar-refractivity contribution in [2.45, 2.75) is 0 Å². The molecule has 2 N–H and O–H groups in total. The lowest BCUT2D eigenvalue weighted by molar-refractivity contribution is 0.0691. The first kappa shape index (κ1) is 8.84. The van der Waals surface area contributed by atoms with Crippen LogP contribution >= 0.6 is 0 Å². The van der Waals surface area contributed by atoms with Crippen molar-refractivity contribution in [3.63, 3.8) is 0 Å². The summed E-state index contributed by atoms with van der Waals surface area (Å²) >= 11 is 0. The van der Waals surface area contributed by atoms with E-state index in [1.165, 1.54) is 6.07 Å². The molecule has 5 heteroatoms. The third-order valence-electron chi connectivity index (χ3n) is 2.49. The Labute approximate surface area is 89.8 Å². The Hall–Kier alpha value is -2.43. The van der Waals surface area contributed by atoms with Crippen LogP contribution in [0.5, 0.6) is 0 Å². The molecule has 5 nitrogen and oxygen atoms in total. The lowest BCUT2D eigenvalue weighted by Crippen LogP contribution is -1.94. The van der Waals surface area contributed by atoms with E-state index in [0.29, 0.717) is 11.0 Å². The average Bonchev–Trinajstić information content (AvgIpc) is 2.73. The number of rotatable bonds is 1. The SMILES string of the molecule is O=C(O)c1cc2ncc3ccncc3c2[nH]1. The Balaban J connectivity index is 2.46. The molecule has 16 heavy (non-hydrogen) atoms. The summed E-state index contributed by atoms with van der Waals surface area (Å²) in [6.45, 7) is 0. The molecule has 78 valence electrons. The van der Waals surface area contributed by atoms with Gasteiger partial charge in [-0.15, -0.1) is 0 Å². The predicted octanol–water partition coefficient (Wildman–Crippen LogP) is 1.81. The van der Waals surface area contributed by atoms with Gasteiger partial charge in [0.25, 0.3) is 0 Å². The number of carbonyl (C=O) groups is 1. The number of aromatic nitrogens is 3. The molecule has 0 saturated heterocycles. The first-order chi connectivity index (χ1) is 7.75. The first-order valence-corrected chi connectivity index (χ1v) is 4.70. The average molecular weight is 213 g/mol. The normalized spacial score (nSPS) is 11.0. The molecule has 0 aliphatic carbocycles. The smallest absolute Gasteiger partial charge is 0.352 e. The summed E-state index contributed by atoms with van der Waals surface area (Å²) in [5.74, 6) is -0.991. The molecule has 3 aromatic rings. The summed E-state index contributed by atoms with van der Waals surface area (Å²) in [5.41, 5.74) is 1.49. The summed E-state index contributed by atoms with van der Waals surface area (Å²) in [6, 6.07) is 3.35. The highest BCUT2D eigenvalue weighted by Gasteiger charge is 2.10. The highest BCUT2D eigenvalue weighted by atomic mass is 16.4. The van der Waals surface area contributed by atoms with Crippen molar-refractivity contribution in [3.8, 4) is 0 Å². The number of hydrogen-bond acceptors (Lipinski definition) is 3. The molecule has 0 radical (unpaired) electrons. The van der Waals surface area contributed by atoms with Crippen LogP contribution in [0.25, 0.3) is 21.8 Å². The minimum atomic E-state index is -0.991. The Bertz CT molecular complexity index is 703. The molecular formula is C11H7N3O2. The second-order valence-electron chi connectivity index (χ2n) is 3.47. The minimum Gasteiger partial charge on any atom is -0.477 e. The second kappa shape index (κ2) is 3.03. The van der Waals surface area contributed by atoms with Gasteiger partial charge in [0.05, 0.1) is 11.0 Å². The van der Waals surface area contributed by atoms with Gasteiger partial charge < -0.3 is 10.1 Å². The van der Waals surface area contributed by atoms with Crippen LogP contribution in [0.1, 0.15) is 10.5 Å². The molecular weight excluding hydrogens is 206 g/mol. The molecule has 0 bridgehead atoms. The van der Waals surface area contributed by atoms with Crippen LogP contribution < -0.4 is 0 Å². The highest BCUT2D eigenvalue weighted by Crippen LogP contribution is 2.22. The monoisotopic (exact) mass is 213 g/mol. The van der Waals surface area contributed by atoms with Crippen molar-refractivity contribution < 1.29 is 9.90 Å². The zero-order chi connectivity index (χ0) is 11.1. The van der Waals surface area contributed by atoms with E-state index in [1.54, 1.807) is 18.6 Å². The number of carboxylic acids is 1. The third kappa shape index (κ3) is 1.15. The van der Waals surface area contributed by atoms with Crippen LogP contribution in [0.2, 0.25) is 0 Å². The Morgan fingerprint density at radius 3 is 3.06 bits per heavy atom. The molecule has 0 saturated carbocycles. The number of hydrogen-bond donors (Lipinski definition) is 2. The number of carboxylic acid groups (broad SMARTS) is 1. The maximum atomic E-state index is 10.8. The number of H-pyrrole nitrogens is 1. The fraction of sp³-hybridized carbons (Fsp3) is 0. The summed E-state index contributed by atoms with van der Waals surface area (Å²) in [4.78, 5) is 21.9. The van der Waals surface area contributed by atoms with Crippen molar-refractivity contribution in [2.75, 3.05) is 0 Å². The predicted molar refractivity (Wildman–Crippen MR) is 58.4 cm³/mol. The molecule has 0 spiro atoms. The summed E-state index contributed by atoms with van der Waals surface area (Å²) in [7, 11) is 0. The van der Waals surface area contributed by atoms with Gasteiger partial charge in [0.1, 0.15) is 5.69 Å². The molecule has 3 heterocycles. The molecule has 3 rings (SSSR count). The number of nitrogens with zero attached hydrogens (tertiary/aromatic N) is 2. The fourth-order valence-electron chi connectivity index (χ4n) is 1.73. The van der Waals surface area contributed by atoms with E-state index in [-0.39, 0.29) is 5.69 Å². The molecule has 0 amide bonds. The quantitative estimate of drug-likeness (QED) is 0.646. The number of nitrogens with one attached hydrogen (secondary N) is 1. The minimum absolute atomic E-state index is 0.138. The standard InChI is InChI=1S/C11H7N3O2/c15-11(16)9-3-8-10(14-9)7-5-12-2-1-6(7)4-13-8/h1-5,14H,(H,15,16). The van der Waals surface area contributed by atoms with Gasteiger partial charge in [0.2, 0.25) is 0 Å². The molecule has 0 aromatic carbocycles. The largest absolute Gasteiger partial charge is 0.477 e. The van der Waals surface area contributed by atoms with E-state index in [4.69, 9.17) is 5.11 Å². The molecule has 0 unspecified atom stereocenters. The highest BCUT2D eigenvalue weighted by molar-refractivity contribution is 6.05. The van der Waals surface area contributed by atoms with Crippen LogP contribution in [-0.4, -0.2) is 26.0 Å². The van der Waals surface area contributed by atoms with Gasteiger partial charge in [-0.25, -0.2) is 4.79 Å². The van der Waals surface area contributed by atoms with Gasteiger partial charge in [-0.3, -0.25) is 9.97 Å². The van der Waals surface area contributed by atoms with E-state index in [1.807, 2.05) is 6.07 Å². The van der Waals surface area contributed by atoms with Crippen LogP contribution in [0.4, 0.5) is 0 Å². The number of aromatic carboxylic acids is 1. The summed E-state index contributed by atoms with van der Waals surface area (Å²) in [6.07, 6.45) is 5.08. The lowest BCUT2D eigenvalue weighted by Gasteiger charge is -1.96. The van der Waals surface area contributed by atoms with Crippen LogP contribution in [0.15, 0.2) is 30.7 Å². The van der Waals surface area contributed by atoms with E-state index < -0.39 is 5.97 Å². The zero-order valence-electron chi connectivity index (χ0n) is 8.14. The van der Waals surface area contributed by atoms with Gasteiger partial charge in [-0.1, -0.05) is 0 Å². The lowest BCUT2D eigenvalue weighted by atomic mass is 10.2. The van der Waals surface area contributed by atoms with Gasteiger partial charge >= 0.3 is 5.97 Å². The summed E-state index contributed by atoms with van der Waals surface area (Å²) in [5, 5.41) is 10.7. The third-order valence-corrected chi connectivity index (χ3v) is 2.49. The Morgan fingerprint density at radius 2 is 2.25 bits per heavy atom. The van der Waals surface area contributed by atoms with Gasteiger partial charge in [0.15, 0.2) is 0 Å². The van der Waals surface area contributed by atoms with Crippen molar-refractivity contribution in [1.29, 1.82) is 0 Å². The Kier molecular flexibility index (Phi) is 1.67. The van der Waals surface area contributed by atoms with Gasteiger partial charge in [0, 0.05) is 29.4 Å². The first-order valence-electron chi connectivity index (χ1n) is 4.70. The maximum absolute atomic E-state index is 10.8. The van der Waals surface area contributed by atoms with Crippen LogP contribution in [0.3, 0.4) is 0 Å². The topological polar surface area (TPSA) is 78.9 Å². The molecule has 0 fully saturated rings. The van der Waals surface area contributed by atoms with Crippen molar-refractivity contribution in [3.05, 3.63) is 36.4 Å².